The predicted octanol–water partition coefficient (Wildman–Crippen LogP) is 3.80. The number of nitrogens with zero attached hydrogens (tertiary/aromatic N) is 3. The first-order valence-electron chi connectivity index (χ1n) is 5.65. The van der Waals surface area contributed by atoms with E-state index >= 15 is 0 Å². The van der Waals surface area contributed by atoms with E-state index in [-0.39, 0.29) is 0 Å². The molecule has 3 aromatic rings. The average molecular weight is 352 g/mol. The topological polar surface area (TPSA) is 77.8 Å². The zero-order valence-corrected chi connectivity index (χ0v) is 12.4. The molecule has 2 aromatic heterocycles. The summed E-state index contributed by atoms with van der Waals surface area (Å²) in [4.78, 5) is 8.52. The summed E-state index contributed by atoms with van der Waals surface area (Å²) in [6.45, 7) is 0. The van der Waals surface area contributed by atoms with Crippen LogP contribution in [0.15, 0.2) is 45.5 Å². The van der Waals surface area contributed by atoms with Crippen molar-refractivity contribution in [2.75, 3.05) is 5.73 Å². The zero-order valence-electron chi connectivity index (χ0n) is 10.0. The average Bonchev–Trinajstić information content (AvgIpc) is 2.92. The molecule has 0 radical (unpaired) electrons. The first-order valence-corrected chi connectivity index (χ1v) is 6.82. The maximum atomic E-state index is 5.88. The Bertz CT molecular complexity index is 775. The molecule has 0 aliphatic heterocycles. The Hall–Kier alpha value is -1.92. The summed E-state index contributed by atoms with van der Waals surface area (Å²) in [5.41, 5.74) is 7.54. The molecule has 0 aliphatic rings. The van der Waals surface area contributed by atoms with Crippen LogP contribution < -0.4 is 5.73 Å². The van der Waals surface area contributed by atoms with Crippen molar-refractivity contribution in [2.24, 2.45) is 0 Å². The Balaban J connectivity index is 2.02. The molecule has 0 atom stereocenters. The van der Waals surface area contributed by atoms with Gasteiger partial charge in [-0.15, -0.1) is 0 Å². The molecule has 0 unspecified atom stereocenters. The first kappa shape index (κ1) is 13.1. The highest BCUT2D eigenvalue weighted by Crippen LogP contribution is 2.28. The van der Waals surface area contributed by atoms with Crippen molar-refractivity contribution in [3.8, 4) is 23.0 Å². The van der Waals surface area contributed by atoms with Gasteiger partial charge in [0, 0.05) is 16.2 Å². The largest absolute Gasteiger partial charge is 0.398 e. The molecular weight excluding hydrogens is 344 g/mol. The summed E-state index contributed by atoms with van der Waals surface area (Å²) in [5.74, 6) is 0.766. The zero-order chi connectivity index (χ0) is 14.1. The molecule has 0 saturated carbocycles. The van der Waals surface area contributed by atoms with Crippen molar-refractivity contribution in [1.82, 2.24) is 15.1 Å². The summed E-state index contributed by atoms with van der Waals surface area (Å²) < 4.78 is 6.03. The molecule has 1 aromatic carbocycles. The molecule has 100 valence electrons. The molecule has 7 heteroatoms. The summed E-state index contributed by atoms with van der Waals surface area (Å²) in [5, 5.41) is 4.41. The van der Waals surface area contributed by atoms with Crippen LogP contribution in [0, 0.1) is 0 Å². The third kappa shape index (κ3) is 2.39. The number of anilines is 1. The van der Waals surface area contributed by atoms with Crippen molar-refractivity contribution in [2.45, 2.75) is 0 Å². The lowest BCUT2D eigenvalue weighted by Crippen LogP contribution is -1.88. The van der Waals surface area contributed by atoms with E-state index in [1.807, 2.05) is 12.1 Å². The van der Waals surface area contributed by atoms with Gasteiger partial charge in [-0.1, -0.05) is 16.8 Å². The highest BCUT2D eigenvalue weighted by Gasteiger charge is 2.14. The number of rotatable bonds is 2. The number of aromatic nitrogens is 3. The monoisotopic (exact) mass is 350 g/mol. The van der Waals surface area contributed by atoms with Crippen LogP contribution in [0.3, 0.4) is 0 Å². The van der Waals surface area contributed by atoms with E-state index in [2.05, 4.69) is 31.1 Å². The SMILES string of the molecule is Nc1cc(-c2nc(-c3ncccc3Br)no2)ccc1Cl. The van der Waals surface area contributed by atoms with Crippen LogP contribution in [0.4, 0.5) is 5.69 Å². The number of pyridine rings is 1. The highest BCUT2D eigenvalue weighted by molar-refractivity contribution is 9.10. The van der Waals surface area contributed by atoms with E-state index in [1.165, 1.54) is 0 Å². The van der Waals surface area contributed by atoms with Gasteiger partial charge >= 0.3 is 0 Å². The fraction of sp³-hybridized carbons (Fsp3) is 0. The summed E-state index contributed by atoms with van der Waals surface area (Å²) >= 11 is 9.28. The maximum absolute atomic E-state index is 5.88. The Morgan fingerprint density at radius 3 is 2.85 bits per heavy atom. The summed E-state index contributed by atoms with van der Waals surface area (Å²) in [7, 11) is 0. The number of hydrogen-bond donors (Lipinski definition) is 1. The van der Waals surface area contributed by atoms with Gasteiger partial charge in [-0.3, -0.25) is 4.98 Å². The van der Waals surface area contributed by atoms with Gasteiger partial charge in [0.05, 0.1) is 10.7 Å². The quantitative estimate of drug-likeness (QED) is 0.711. The minimum atomic E-state index is 0.362. The molecule has 0 bridgehead atoms. The highest BCUT2D eigenvalue weighted by atomic mass is 79.9. The van der Waals surface area contributed by atoms with Crippen LogP contribution in [0.1, 0.15) is 0 Å². The number of benzene rings is 1. The van der Waals surface area contributed by atoms with Gasteiger partial charge in [0.2, 0.25) is 5.82 Å². The second-order valence-corrected chi connectivity index (χ2v) is 5.25. The van der Waals surface area contributed by atoms with Crippen LogP contribution in [0.5, 0.6) is 0 Å². The van der Waals surface area contributed by atoms with Crippen LogP contribution >= 0.6 is 27.5 Å². The van der Waals surface area contributed by atoms with Crippen LogP contribution in [-0.2, 0) is 0 Å². The molecule has 0 aliphatic carbocycles. The molecule has 0 amide bonds. The Kier molecular flexibility index (Phi) is 3.42. The van der Waals surface area contributed by atoms with Gasteiger partial charge in [-0.05, 0) is 46.3 Å². The van der Waals surface area contributed by atoms with Gasteiger partial charge in [-0.25, -0.2) is 0 Å². The fourth-order valence-corrected chi connectivity index (χ4v) is 2.21. The van der Waals surface area contributed by atoms with Gasteiger partial charge in [-0.2, -0.15) is 4.98 Å². The Morgan fingerprint density at radius 2 is 2.10 bits per heavy atom. The molecule has 3 rings (SSSR count). The first-order chi connectivity index (χ1) is 9.65. The summed E-state index contributed by atoms with van der Waals surface area (Å²) in [6, 6.07) is 8.82. The molecule has 5 nitrogen and oxygen atoms in total. The molecule has 2 N–H and O–H groups in total. The third-order valence-electron chi connectivity index (χ3n) is 2.64. The minimum Gasteiger partial charge on any atom is -0.398 e. The van der Waals surface area contributed by atoms with E-state index in [1.54, 1.807) is 24.4 Å². The maximum Gasteiger partial charge on any atom is 0.258 e. The van der Waals surface area contributed by atoms with Gasteiger partial charge in [0.15, 0.2) is 0 Å². The Labute approximate surface area is 127 Å². The van der Waals surface area contributed by atoms with Crippen molar-refractivity contribution >= 4 is 33.2 Å². The molecule has 20 heavy (non-hydrogen) atoms. The number of halogens is 2. The number of nitrogen functional groups attached to an aromatic ring is 1. The number of nitrogens with two attached hydrogens (primary N) is 1. The predicted molar refractivity (Wildman–Crippen MR) is 80.1 cm³/mol. The lowest BCUT2D eigenvalue weighted by Gasteiger charge is -1.99. The molecular formula is C13H8BrClN4O. The number of hydrogen-bond acceptors (Lipinski definition) is 5. The molecule has 0 fully saturated rings. The second kappa shape index (κ2) is 5.22. The van der Waals surface area contributed by atoms with Crippen LogP contribution in [-0.4, -0.2) is 15.1 Å². The second-order valence-electron chi connectivity index (χ2n) is 3.99. The lowest BCUT2D eigenvalue weighted by molar-refractivity contribution is 0.432. The van der Waals surface area contributed by atoms with Gasteiger partial charge in [0.25, 0.3) is 5.89 Å². The van der Waals surface area contributed by atoms with E-state index in [0.29, 0.717) is 33.7 Å². The van der Waals surface area contributed by atoms with E-state index in [9.17, 15) is 0 Å². The fourth-order valence-electron chi connectivity index (χ4n) is 1.66. The van der Waals surface area contributed by atoms with Crippen molar-refractivity contribution in [1.29, 1.82) is 0 Å². The molecule has 2 heterocycles. The smallest absolute Gasteiger partial charge is 0.258 e. The van der Waals surface area contributed by atoms with Gasteiger partial charge < -0.3 is 10.3 Å². The van der Waals surface area contributed by atoms with Crippen molar-refractivity contribution in [3.05, 3.63) is 46.0 Å². The molecule has 0 spiro atoms. The standard InChI is InChI=1S/C13H8BrClN4O/c14-8-2-1-5-17-11(8)12-18-13(20-19-12)7-3-4-9(15)10(16)6-7/h1-6H,16H2. The van der Waals surface area contributed by atoms with Crippen molar-refractivity contribution < 1.29 is 4.52 Å². The lowest BCUT2D eigenvalue weighted by atomic mass is 10.2. The third-order valence-corrected chi connectivity index (χ3v) is 3.62. The van der Waals surface area contributed by atoms with E-state index in [4.69, 9.17) is 21.9 Å². The van der Waals surface area contributed by atoms with Crippen LogP contribution in [0.25, 0.3) is 23.0 Å². The summed E-state index contributed by atoms with van der Waals surface area (Å²) in [6.07, 6.45) is 1.66. The van der Waals surface area contributed by atoms with E-state index < -0.39 is 0 Å². The van der Waals surface area contributed by atoms with Crippen LogP contribution in [0.2, 0.25) is 5.02 Å². The van der Waals surface area contributed by atoms with Gasteiger partial charge in [0.1, 0.15) is 5.69 Å². The van der Waals surface area contributed by atoms with E-state index in [0.717, 1.165) is 4.47 Å². The molecule has 0 saturated heterocycles. The minimum absolute atomic E-state index is 0.362. The Morgan fingerprint density at radius 1 is 1.25 bits per heavy atom. The van der Waals surface area contributed by atoms with Crippen molar-refractivity contribution in [3.63, 3.8) is 0 Å². The normalized spacial score (nSPS) is 10.7.